The number of sulfonamides is 1. The van der Waals surface area contributed by atoms with Crippen molar-refractivity contribution in [2.45, 2.75) is 19.9 Å². The van der Waals surface area contributed by atoms with Gasteiger partial charge in [-0.25, -0.2) is 8.42 Å². The van der Waals surface area contributed by atoms with Crippen molar-refractivity contribution in [2.75, 3.05) is 23.7 Å². The predicted molar refractivity (Wildman–Crippen MR) is 103 cm³/mol. The summed E-state index contributed by atoms with van der Waals surface area (Å²) in [5.74, 6) is 0.276. The highest BCUT2D eigenvalue weighted by atomic mass is 32.2. The molecule has 0 saturated heterocycles. The molecule has 1 N–H and O–H groups in total. The van der Waals surface area contributed by atoms with Gasteiger partial charge in [0.25, 0.3) is 5.91 Å². The number of benzene rings is 2. The van der Waals surface area contributed by atoms with Gasteiger partial charge in [-0.15, -0.1) is 0 Å². The number of nitrogens with one attached hydrogen (secondary N) is 1. The Kier molecular flexibility index (Phi) is 6.63. The SMILES string of the molecule is CCN(c1ccc(OCC(=O)N[C@H](C)c2ccccc2)cc1)S(C)(=O)=O. The van der Waals surface area contributed by atoms with Gasteiger partial charge in [0.2, 0.25) is 10.0 Å². The molecule has 2 aromatic rings. The Labute approximate surface area is 154 Å². The predicted octanol–water partition coefficient (Wildman–Crippen LogP) is 2.73. The smallest absolute Gasteiger partial charge is 0.258 e. The van der Waals surface area contributed by atoms with Crippen molar-refractivity contribution in [3.8, 4) is 5.75 Å². The maximum absolute atomic E-state index is 12.0. The van der Waals surface area contributed by atoms with Gasteiger partial charge >= 0.3 is 0 Å². The van der Waals surface area contributed by atoms with Crippen molar-refractivity contribution in [3.63, 3.8) is 0 Å². The standard InChI is InChI=1S/C19H24N2O4S/c1-4-21(26(3,23)24)17-10-12-18(13-11-17)25-14-19(22)20-15(2)16-8-6-5-7-9-16/h5-13,15H,4,14H2,1-3H3,(H,20,22)/t15-/m1/s1. The first-order chi connectivity index (χ1) is 12.3. The fourth-order valence-corrected chi connectivity index (χ4v) is 3.55. The van der Waals surface area contributed by atoms with E-state index in [-0.39, 0.29) is 18.6 Å². The average Bonchev–Trinajstić information content (AvgIpc) is 2.61. The van der Waals surface area contributed by atoms with Crippen LogP contribution < -0.4 is 14.4 Å². The number of anilines is 1. The van der Waals surface area contributed by atoms with E-state index in [2.05, 4.69) is 5.32 Å². The topological polar surface area (TPSA) is 75.7 Å². The zero-order chi connectivity index (χ0) is 19.2. The minimum atomic E-state index is -3.32. The molecule has 0 saturated carbocycles. The van der Waals surface area contributed by atoms with Crippen molar-refractivity contribution in [3.05, 3.63) is 60.2 Å². The van der Waals surface area contributed by atoms with Crippen LogP contribution >= 0.6 is 0 Å². The molecule has 0 aliphatic heterocycles. The molecule has 7 heteroatoms. The van der Waals surface area contributed by atoms with Crippen molar-refractivity contribution in [2.24, 2.45) is 0 Å². The van der Waals surface area contributed by atoms with E-state index in [1.165, 1.54) is 10.6 Å². The first kappa shape index (κ1) is 19.8. The Morgan fingerprint density at radius 2 is 1.73 bits per heavy atom. The third-order valence-electron chi connectivity index (χ3n) is 3.86. The summed E-state index contributed by atoms with van der Waals surface area (Å²) in [6.07, 6.45) is 1.17. The van der Waals surface area contributed by atoms with E-state index in [1.54, 1.807) is 31.2 Å². The van der Waals surface area contributed by atoms with Gasteiger partial charge in [-0.1, -0.05) is 30.3 Å². The van der Waals surface area contributed by atoms with E-state index < -0.39 is 10.0 Å². The maximum Gasteiger partial charge on any atom is 0.258 e. The number of hydrogen-bond acceptors (Lipinski definition) is 4. The zero-order valence-corrected chi connectivity index (χ0v) is 16.0. The molecule has 0 radical (unpaired) electrons. The van der Waals surface area contributed by atoms with Crippen LogP contribution in [-0.2, 0) is 14.8 Å². The van der Waals surface area contributed by atoms with E-state index in [1.807, 2.05) is 37.3 Å². The molecular formula is C19H24N2O4S. The van der Waals surface area contributed by atoms with Crippen molar-refractivity contribution in [1.29, 1.82) is 0 Å². The van der Waals surface area contributed by atoms with Crippen LogP contribution in [0.4, 0.5) is 5.69 Å². The van der Waals surface area contributed by atoms with Gasteiger partial charge < -0.3 is 10.1 Å². The molecule has 0 spiro atoms. The summed E-state index contributed by atoms with van der Waals surface area (Å²) >= 11 is 0. The van der Waals surface area contributed by atoms with Crippen LogP contribution in [0, 0.1) is 0 Å². The van der Waals surface area contributed by atoms with Crippen LogP contribution in [0.3, 0.4) is 0 Å². The first-order valence-corrected chi connectivity index (χ1v) is 10.2. The van der Waals surface area contributed by atoms with Gasteiger partial charge in [0.15, 0.2) is 6.61 Å². The Hall–Kier alpha value is -2.54. The van der Waals surface area contributed by atoms with Crippen molar-refractivity contribution >= 4 is 21.6 Å². The Morgan fingerprint density at radius 3 is 2.27 bits per heavy atom. The van der Waals surface area contributed by atoms with Crippen LogP contribution in [0.15, 0.2) is 54.6 Å². The van der Waals surface area contributed by atoms with Gasteiger partial charge in [-0.05, 0) is 43.7 Å². The zero-order valence-electron chi connectivity index (χ0n) is 15.2. The lowest BCUT2D eigenvalue weighted by molar-refractivity contribution is -0.123. The summed E-state index contributed by atoms with van der Waals surface area (Å²) in [6.45, 7) is 3.91. The van der Waals surface area contributed by atoms with E-state index in [0.29, 0.717) is 18.0 Å². The highest BCUT2D eigenvalue weighted by Gasteiger charge is 2.15. The molecule has 1 amide bonds. The Balaban J connectivity index is 1.90. The second kappa shape index (κ2) is 8.71. The summed E-state index contributed by atoms with van der Waals surface area (Å²) in [4.78, 5) is 12.0. The third-order valence-corrected chi connectivity index (χ3v) is 5.13. The quantitative estimate of drug-likeness (QED) is 0.769. The van der Waals surface area contributed by atoms with Gasteiger partial charge in [0.05, 0.1) is 18.0 Å². The largest absolute Gasteiger partial charge is 0.484 e. The number of carbonyl (C=O) groups is 1. The maximum atomic E-state index is 12.0. The highest BCUT2D eigenvalue weighted by Crippen LogP contribution is 2.21. The molecule has 0 bridgehead atoms. The van der Waals surface area contributed by atoms with Crippen LogP contribution in [0.1, 0.15) is 25.5 Å². The lowest BCUT2D eigenvalue weighted by Gasteiger charge is -2.20. The summed E-state index contributed by atoms with van der Waals surface area (Å²) < 4.78 is 30.2. The van der Waals surface area contributed by atoms with Crippen LogP contribution in [0.25, 0.3) is 0 Å². The van der Waals surface area contributed by atoms with Gasteiger partial charge in [-0.2, -0.15) is 0 Å². The Bertz CT molecular complexity index is 820. The van der Waals surface area contributed by atoms with Gasteiger partial charge in [0, 0.05) is 6.54 Å². The summed E-state index contributed by atoms with van der Waals surface area (Å²) in [5, 5.41) is 2.87. The van der Waals surface area contributed by atoms with Crippen LogP contribution in [-0.4, -0.2) is 33.7 Å². The number of ether oxygens (including phenoxy) is 1. The van der Waals surface area contributed by atoms with E-state index in [0.717, 1.165) is 5.56 Å². The fraction of sp³-hybridized carbons (Fsp3) is 0.316. The molecule has 0 aromatic heterocycles. The third kappa shape index (κ3) is 5.49. The summed E-state index contributed by atoms with van der Waals surface area (Å²) in [5.41, 5.74) is 1.58. The van der Waals surface area contributed by atoms with Gasteiger partial charge in [-0.3, -0.25) is 9.10 Å². The molecule has 0 heterocycles. The molecule has 0 aliphatic carbocycles. The fourth-order valence-electron chi connectivity index (χ4n) is 2.57. The summed E-state index contributed by atoms with van der Waals surface area (Å²) in [7, 11) is -3.32. The molecule has 140 valence electrons. The van der Waals surface area contributed by atoms with Crippen LogP contribution in [0.5, 0.6) is 5.75 Å². The molecular weight excluding hydrogens is 352 g/mol. The Morgan fingerprint density at radius 1 is 1.12 bits per heavy atom. The molecule has 2 aromatic carbocycles. The number of rotatable bonds is 8. The van der Waals surface area contributed by atoms with E-state index in [9.17, 15) is 13.2 Å². The highest BCUT2D eigenvalue weighted by molar-refractivity contribution is 7.92. The van der Waals surface area contributed by atoms with Crippen molar-refractivity contribution < 1.29 is 17.9 Å². The number of hydrogen-bond donors (Lipinski definition) is 1. The normalized spacial score (nSPS) is 12.3. The lowest BCUT2D eigenvalue weighted by Crippen LogP contribution is -2.31. The van der Waals surface area contributed by atoms with Gasteiger partial charge in [0.1, 0.15) is 5.75 Å². The molecule has 0 aliphatic rings. The minimum Gasteiger partial charge on any atom is -0.484 e. The molecule has 2 rings (SSSR count). The molecule has 0 fully saturated rings. The lowest BCUT2D eigenvalue weighted by atomic mass is 10.1. The van der Waals surface area contributed by atoms with Crippen LogP contribution in [0.2, 0.25) is 0 Å². The first-order valence-electron chi connectivity index (χ1n) is 8.36. The van der Waals surface area contributed by atoms with Crippen molar-refractivity contribution in [1.82, 2.24) is 5.32 Å². The minimum absolute atomic E-state index is 0.109. The summed E-state index contributed by atoms with van der Waals surface area (Å²) in [6, 6.07) is 16.2. The number of nitrogens with zero attached hydrogens (tertiary/aromatic N) is 1. The monoisotopic (exact) mass is 376 g/mol. The van der Waals surface area contributed by atoms with E-state index in [4.69, 9.17) is 4.74 Å². The molecule has 6 nitrogen and oxygen atoms in total. The average molecular weight is 376 g/mol. The number of amides is 1. The molecule has 1 atom stereocenters. The molecule has 26 heavy (non-hydrogen) atoms. The molecule has 0 unspecified atom stereocenters. The second-order valence-corrected chi connectivity index (χ2v) is 7.82. The number of carbonyl (C=O) groups excluding carboxylic acids is 1. The second-order valence-electron chi connectivity index (χ2n) is 5.91. The van der Waals surface area contributed by atoms with E-state index >= 15 is 0 Å².